The predicted octanol–water partition coefficient (Wildman–Crippen LogP) is -0.871. The van der Waals surface area contributed by atoms with E-state index in [1.54, 1.807) is 0 Å². The Labute approximate surface area is 156 Å². The molecule has 0 unspecified atom stereocenters. The van der Waals surface area contributed by atoms with Crippen molar-refractivity contribution in [3.05, 3.63) is 12.2 Å². The second-order valence-corrected chi connectivity index (χ2v) is 5.31. The van der Waals surface area contributed by atoms with Crippen molar-refractivity contribution >= 4 is 23.8 Å². The van der Waals surface area contributed by atoms with Crippen LogP contribution in [0.5, 0.6) is 0 Å². The Morgan fingerprint density at radius 3 is 2.48 bits per heavy atom. The number of carbonyl (C=O) groups excluding carboxylic acids is 4. The Morgan fingerprint density at radius 1 is 1.04 bits per heavy atom. The van der Waals surface area contributed by atoms with Gasteiger partial charge in [0.1, 0.15) is 6.61 Å². The summed E-state index contributed by atoms with van der Waals surface area (Å²) in [6.45, 7) is 1.60. The van der Waals surface area contributed by atoms with Gasteiger partial charge in [0.2, 0.25) is 5.91 Å². The van der Waals surface area contributed by atoms with Crippen LogP contribution in [-0.2, 0) is 33.4 Å². The number of alkyl carbamates (subject to hydrolysis) is 1. The first-order valence-electron chi connectivity index (χ1n) is 8.46. The van der Waals surface area contributed by atoms with Gasteiger partial charge >= 0.3 is 6.09 Å². The monoisotopic (exact) mass is 387 g/mol. The van der Waals surface area contributed by atoms with Gasteiger partial charge in [-0.25, -0.2) is 10.3 Å². The summed E-state index contributed by atoms with van der Waals surface area (Å²) in [6.07, 6.45) is 2.31. The molecule has 0 saturated carbocycles. The van der Waals surface area contributed by atoms with Gasteiger partial charge in [-0.05, 0) is 6.42 Å². The van der Waals surface area contributed by atoms with E-state index in [4.69, 9.17) is 19.0 Å². The number of imide groups is 1. The number of ether oxygens (including phenoxy) is 3. The number of carbonyl (C=O) groups is 4. The van der Waals surface area contributed by atoms with E-state index in [2.05, 4.69) is 10.8 Å². The highest BCUT2D eigenvalue weighted by Crippen LogP contribution is 2.05. The minimum Gasteiger partial charge on any atom is -0.447 e. The van der Waals surface area contributed by atoms with Crippen LogP contribution in [-0.4, -0.2) is 81.9 Å². The zero-order chi connectivity index (χ0) is 19.9. The van der Waals surface area contributed by atoms with Gasteiger partial charge in [0.05, 0.1) is 26.4 Å². The number of hydrogen-bond donors (Lipinski definition) is 2. The minimum absolute atomic E-state index is 0.118. The molecule has 0 atom stereocenters. The third-order valence-electron chi connectivity index (χ3n) is 3.24. The fourth-order valence-electron chi connectivity index (χ4n) is 1.93. The van der Waals surface area contributed by atoms with Crippen molar-refractivity contribution in [1.29, 1.82) is 0 Å². The second kappa shape index (κ2) is 13.7. The average molecular weight is 387 g/mol. The van der Waals surface area contributed by atoms with Crippen LogP contribution in [0.3, 0.4) is 0 Å². The van der Waals surface area contributed by atoms with Gasteiger partial charge in [0.25, 0.3) is 11.8 Å². The molecular weight excluding hydrogens is 362 g/mol. The molecule has 0 saturated heterocycles. The Hall–Kier alpha value is -2.50. The van der Waals surface area contributed by atoms with Crippen LogP contribution >= 0.6 is 0 Å². The summed E-state index contributed by atoms with van der Waals surface area (Å²) < 4.78 is 14.7. The Morgan fingerprint density at radius 2 is 1.78 bits per heavy atom. The molecule has 0 aromatic rings. The molecule has 0 aromatic carbocycles. The van der Waals surface area contributed by atoms with Gasteiger partial charge in [0, 0.05) is 38.8 Å². The molecule has 11 heteroatoms. The Balaban J connectivity index is 1.89. The van der Waals surface area contributed by atoms with E-state index in [1.165, 1.54) is 19.3 Å². The Kier molecular flexibility index (Phi) is 11.4. The number of nitrogens with zero attached hydrogens (tertiary/aromatic N) is 1. The van der Waals surface area contributed by atoms with Crippen LogP contribution in [0.2, 0.25) is 0 Å². The van der Waals surface area contributed by atoms with Crippen molar-refractivity contribution in [1.82, 2.24) is 15.7 Å². The standard InChI is InChI=1S/C16H25N3O8/c1-24-9-11-26-16(23)17-6-8-25-10-12-27-18-13(20)3-2-7-19-14(21)4-5-15(19)22/h4-5H,2-3,6-12H2,1H3,(H,17,23)(H,18,20). The molecule has 0 bridgehead atoms. The van der Waals surface area contributed by atoms with E-state index in [9.17, 15) is 19.2 Å². The van der Waals surface area contributed by atoms with Crippen LogP contribution < -0.4 is 10.8 Å². The summed E-state index contributed by atoms with van der Waals surface area (Å²) in [7, 11) is 1.51. The second-order valence-electron chi connectivity index (χ2n) is 5.31. The number of methoxy groups -OCH3 is 1. The molecule has 0 radical (unpaired) electrons. The molecule has 4 amide bonds. The molecule has 1 heterocycles. The number of hydrogen-bond acceptors (Lipinski definition) is 8. The fourth-order valence-corrected chi connectivity index (χ4v) is 1.93. The smallest absolute Gasteiger partial charge is 0.407 e. The lowest BCUT2D eigenvalue weighted by Gasteiger charge is -2.13. The molecule has 1 aliphatic heterocycles. The van der Waals surface area contributed by atoms with Gasteiger partial charge in [-0.15, -0.1) is 0 Å². The highest BCUT2D eigenvalue weighted by atomic mass is 16.7. The first kappa shape index (κ1) is 22.5. The van der Waals surface area contributed by atoms with Crippen LogP contribution in [0.15, 0.2) is 12.2 Å². The third-order valence-corrected chi connectivity index (χ3v) is 3.24. The fraction of sp³-hybridized carbons (Fsp3) is 0.625. The van der Waals surface area contributed by atoms with E-state index in [0.717, 1.165) is 4.90 Å². The SMILES string of the molecule is COCCOC(=O)NCCOCCONC(=O)CCCN1C(=O)C=CC1=O. The molecule has 11 nitrogen and oxygen atoms in total. The maximum Gasteiger partial charge on any atom is 0.407 e. The molecule has 152 valence electrons. The van der Waals surface area contributed by atoms with Gasteiger partial charge in [-0.1, -0.05) is 0 Å². The molecule has 2 N–H and O–H groups in total. The van der Waals surface area contributed by atoms with Gasteiger partial charge in [-0.2, -0.15) is 0 Å². The summed E-state index contributed by atoms with van der Waals surface area (Å²) in [4.78, 5) is 51.4. The number of rotatable bonds is 14. The first-order chi connectivity index (χ1) is 13.0. The summed E-state index contributed by atoms with van der Waals surface area (Å²) >= 11 is 0. The van der Waals surface area contributed by atoms with E-state index >= 15 is 0 Å². The number of hydroxylamine groups is 1. The average Bonchev–Trinajstić information content (AvgIpc) is 2.96. The summed E-state index contributed by atoms with van der Waals surface area (Å²) in [5, 5.41) is 2.49. The van der Waals surface area contributed by atoms with Crippen LogP contribution in [0.25, 0.3) is 0 Å². The maximum absolute atomic E-state index is 11.5. The topological polar surface area (TPSA) is 132 Å². The lowest BCUT2D eigenvalue weighted by atomic mass is 10.3. The molecule has 1 rings (SSSR count). The molecule has 0 aromatic heterocycles. The molecule has 1 aliphatic rings. The molecule has 27 heavy (non-hydrogen) atoms. The maximum atomic E-state index is 11.5. The quantitative estimate of drug-likeness (QED) is 0.223. The van der Waals surface area contributed by atoms with Crippen LogP contribution in [0.1, 0.15) is 12.8 Å². The van der Waals surface area contributed by atoms with E-state index < -0.39 is 6.09 Å². The summed E-state index contributed by atoms with van der Waals surface area (Å²) in [5.74, 6) is -1.10. The van der Waals surface area contributed by atoms with Crippen molar-refractivity contribution in [3.8, 4) is 0 Å². The van der Waals surface area contributed by atoms with Crippen molar-refractivity contribution in [2.24, 2.45) is 0 Å². The van der Waals surface area contributed by atoms with Gasteiger partial charge in [-0.3, -0.25) is 24.1 Å². The molecular formula is C16H25N3O8. The van der Waals surface area contributed by atoms with Crippen molar-refractivity contribution < 1.29 is 38.2 Å². The number of amides is 4. The highest BCUT2D eigenvalue weighted by molar-refractivity contribution is 6.12. The minimum atomic E-state index is -0.549. The van der Waals surface area contributed by atoms with Gasteiger partial charge < -0.3 is 19.5 Å². The molecule has 0 fully saturated rings. The lowest BCUT2D eigenvalue weighted by Crippen LogP contribution is -2.32. The van der Waals surface area contributed by atoms with Crippen LogP contribution in [0.4, 0.5) is 4.79 Å². The lowest BCUT2D eigenvalue weighted by molar-refractivity contribution is -0.139. The third kappa shape index (κ3) is 10.3. The number of nitrogens with one attached hydrogen (secondary N) is 2. The van der Waals surface area contributed by atoms with Crippen molar-refractivity contribution in [2.45, 2.75) is 12.8 Å². The zero-order valence-electron chi connectivity index (χ0n) is 15.2. The molecule has 0 spiro atoms. The normalized spacial score (nSPS) is 13.1. The summed E-state index contributed by atoms with van der Waals surface area (Å²) in [5.41, 5.74) is 2.24. The largest absolute Gasteiger partial charge is 0.447 e. The zero-order valence-corrected chi connectivity index (χ0v) is 15.2. The van der Waals surface area contributed by atoms with E-state index in [0.29, 0.717) is 13.0 Å². The Bertz CT molecular complexity index is 520. The highest BCUT2D eigenvalue weighted by Gasteiger charge is 2.22. The molecule has 0 aliphatic carbocycles. The van der Waals surface area contributed by atoms with Crippen molar-refractivity contribution in [2.75, 3.05) is 53.2 Å². The van der Waals surface area contributed by atoms with E-state index in [1.807, 2.05) is 0 Å². The predicted molar refractivity (Wildman–Crippen MR) is 91.2 cm³/mol. The van der Waals surface area contributed by atoms with E-state index in [-0.39, 0.29) is 63.7 Å². The van der Waals surface area contributed by atoms with Gasteiger partial charge in [0.15, 0.2) is 0 Å². The first-order valence-corrected chi connectivity index (χ1v) is 8.46. The van der Waals surface area contributed by atoms with Crippen molar-refractivity contribution in [3.63, 3.8) is 0 Å². The summed E-state index contributed by atoms with van der Waals surface area (Å²) in [6, 6.07) is 0. The van der Waals surface area contributed by atoms with Crippen LogP contribution in [0, 0.1) is 0 Å².